The van der Waals surface area contributed by atoms with Crippen LogP contribution in [0.3, 0.4) is 0 Å². The SMILES string of the molecule is CC(C)NCCOCCOCCOC(C)C(F)CNC(=O)C(C)C. The smallest absolute Gasteiger partial charge is 0.222 e. The third-order valence-electron chi connectivity index (χ3n) is 3.28. The number of alkyl halides is 1. The van der Waals surface area contributed by atoms with Gasteiger partial charge in [-0.25, -0.2) is 4.39 Å². The van der Waals surface area contributed by atoms with Crippen molar-refractivity contribution < 1.29 is 23.4 Å². The van der Waals surface area contributed by atoms with Crippen LogP contribution in [-0.2, 0) is 19.0 Å². The molecule has 0 saturated carbocycles. The third-order valence-corrected chi connectivity index (χ3v) is 3.28. The van der Waals surface area contributed by atoms with E-state index in [2.05, 4.69) is 24.5 Å². The summed E-state index contributed by atoms with van der Waals surface area (Å²) >= 11 is 0. The molecule has 0 bridgehead atoms. The van der Waals surface area contributed by atoms with Crippen molar-refractivity contribution in [3.63, 3.8) is 0 Å². The predicted octanol–water partition coefficient (Wildman–Crippen LogP) is 1.53. The van der Waals surface area contributed by atoms with Crippen LogP contribution in [0.15, 0.2) is 0 Å². The zero-order valence-electron chi connectivity index (χ0n) is 15.8. The third kappa shape index (κ3) is 13.7. The van der Waals surface area contributed by atoms with Crippen LogP contribution in [0.25, 0.3) is 0 Å². The molecule has 0 heterocycles. The lowest BCUT2D eigenvalue weighted by Crippen LogP contribution is -2.38. The highest BCUT2D eigenvalue weighted by molar-refractivity contribution is 5.77. The molecule has 0 spiro atoms. The fraction of sp³-hybridized carbons (Fsp3) is 0.941. The number of rotatable bonds is 15. The van der Waals surface area contributed by atoms with E-state index >= 15 is 0 Å². The number of carbonyl (C=O) groups excluding carboxylic acids is 1. The van der Waals surface area contributed by atoms with E-state index in [0.29, 0.717) is 39.1 Å². The Bertz CT molecular complexity index is 317. The number of amides is 1. The molecule has 0 aliphatic rings. The Morgan fingerprint density at radius 3 is 2.12 bits per heavy atom. The van der Waals surface area contributed by atoms with Crippen molar-refractivity contribution in [1.82, 2.24) is 10.6 Å². The minimum atomic E-state index is -1.23. The molecule has 0 saturated heterocycles. The molecule has 0 aliphatic carbocycles. The topological polar surface area (TPSA) is 68.8 Å². The normalized spacial score (nSPS) is 14.2. The van der Waals surface area contributed by atoms with Crippen molar-refractivity contribution in [3.8, 4) is 0 Å². The van der Waals surface area contributed by atoms with Crippen molar-refractivity contribution in [1.29, 1.82) is 0 Å². The maximum atomic E-state index is 13.8. The number of hydrogen-bond donors (Lipinski definition) is 2. The maximum Gasteiger partial charge on any atom is 0.222 e. The molecule has 0 fully saturated rings. The van der Waals surface area contributed by atoms with Crippen LogP contribution in [0.5, 0.6) is 0 Å². The molecule has 0 rings (SSSR count). The highest BCUT2D eigenvalue weighted by atomic mass is 19.1. The molecule has 2 atom stereocenters. The van der Waals surface area contributed by atoms with Gasteiger partial charge in [-0.2, -0.15) is 0 Å². The summed E-state index contributed by atoms with van der Waals surface area (Å²) in [6.07, 6.45) is -1.82. The summed E-state index contributed by atoms with van der Waals surface area (Å²) in [5.74, 6) is -0.304. The van der Waals surface area contributed by atoms with Crippen molar-refractivity contribution in [2.75, 3.05) is 46.1 Å². The number of hydrogen-bond acceptors (Lipinski definition) is 5. The Labute approximate surface area is 145 Å². The molecule has 0 radical (unpaired) electrons. The first-order valence-corrected chi connectivity index (χ1v) is 8.76. The zero-order valence-corrected chi connectivity index (χ0v) is 15.8. The summed E-state index contributed by atoms with van der Waals surface area (Å²) in [5.41, 5.74) is 0. The lowest BCUT2D eigenvalue weighted by molar-refractivity contribution is -0.124. The van der Waals surface area contributed by atoms with E-state index < -0.39 is 12.3 Å². The van der Waals surface area contributed by atoms with Gasteiger partial charge in [-0.15, -0.1) is 0 Å². The minimum Gasteiger partial charge on any atom is -0.378 e. The summed E-state index contributed by atoms with van der Waals surface area (Å²) in [6.45, 7) is 12.5. The molecule has 0 aliphatic heterocycles. The van der Waals surface area contributed by atoms with Gasteiger partial charge in [-0.05, 0) is 6.92 Å². The molecular weight excluding hydrogens is 315 g/mol. The Kier molecular flexibility index (Phi) is 14.1. The molecule has 1 amide bonds. The highest BCUT2D eigenvalue weighted by Crippen LogP contribution is 2.03. The monoisotopic (exact) mass is 350 g/mol. The summed E-state index contributed by atoms with van der Waals surface area (Å²) in [7, 11) is 0. The number of carbonyl (C=O) groups is 1. The fourth-order valence-electron chi connectivity index (χ4n) is 1.71. The van der Waals surface area contributed by atoms with E-state index in [1.54, 1.807) is 20.8 Å². The second-order valence-corrected chi connectivity index (χ2v) is 6.33. The Hall–Kier alpha value is -0.760. The largest absolute Gasteiger partial charge is 0.378 e. The van der Waals surface area contributed by atoms with Crippen LogP contribution in [0.1, 0.15) is 34.6 Å². The molecule has 2 unspecified atom stereocenters. The van der Waals surface area contributed by atoms with Crippen LogP contribution in [0, 0.1) is 5.92 Å². The van der Waals surface area contributed by atoms with Crippen LogP contribution >= 0.6 is 0 Å². The molecule has 2 N–H and O–H groups in total. The summed E-state index contributed by atoms with van der Waals surface area (Å²) < 4.78 is 29.9. The van der Waals surface area contributed by atoms with Gasteiger partial charge in [-0.1, -0.05) is 27.7 Å². The van der Waals surface area contributed by atoms with Crippen LogP contribution in [0.2, 0.25) is 0 Å². The Morgan fingerprint density at radius 1 is 0.958 bits per heavy atom. The van der Waals surface area contributed by atoms with E-state index in [9.17, 15) is 9.18 Å². The number of halogens is 1. The van der Waals surface area contributed by atoms with Gasteiger partial charge in [0.25, 0.3) is 0 Å². The van der Waals surface area contributed by atoms with Gasteiger partial charge in [0.05, 0.1) is 45.7 Å². The summed E-state index contributed by atoms with van der Waals surface area (Å²) in [6, 6.07) is 0.460. The lowest BCUT2D eigenvalue weighted by atomic mass is 10.2. The van der Waals surface area contributed by atoms with Gasteiger partial charge in [0.1, 0.15) is 6.17 Å². The van der Waals surface area contributed by atoms with Crippen LogP contribution < -0.4 is 10.6 Å². The van der Waals surface area contributed by atoms with Gasteiger partial charge >= 0.3 is 0 Å². The van der Waals surface area contributed by atoms with Crippen molar-refractivity contribution in [2.24, 2.45) is 5.92 Å². The van der Waals surface area contributed by atoms with E-state index in [4.69, 9.17) is 14.2 Å². The highest BCUT2D eigenvalue weighted by Gasteiger charge is 2.18. The first kappa shape index (κ1) is 23.2. The van der Waals surface area contributed by atoms with E-state index in [-0.39, 0.29) is 18.4 Å². The van der Waals surface area contributed by atoms with Gasteiger partial charge < -0.3 is 24.8 Å². The molecule has 0 aromatic carbocycles. The molecule has 7 heteroatoms. The average molecular weight is 350 g/mol. The van der Waals surface area contributed by atoms with Gasteiger partial charge in [0.2, 0.25) is 5.91 Å². The van der Waals surface area contributed by atoms with Crippen molar-refractivity contribution in [2.45, 2.75) is 52.9 Å². The first-order valence-electron chi connectivity index (χ1n) is 8.76. The average Bonchev–Trinajstić information content (AvgIpc) is 2.53. The van der Waals surface area contributed by atoms with Crippen LogP contribution in [-0.4, -0.2) is 70.3 Å². The first-order chi connectivity index (χ1) is 11.3. The van der Waals surface area contributed by atoms with Gasteiger partial charge in [-0.3, -0.25) is 4.79 Å². The number of ether oxygens (including phenoxy) is 3. The Morgan fingerprint density at radius 2 is 1.54 bits per heavy atom. The summed E-state index contributed by atoms with van der Waals surface area (Å²) in [5, 5.41) is 5.81. The maximum absolute atomic E-state index is 13.8. The molecular formula is C17H35FN2O4. The fourth-order valence-corrected chi connectivity index (χ4v) is 1.71. The van der Waals surface area contributed by atoms with Crippen molar-refractivity contribution >= 4 is 5.91 Å². The standard InChI is InChI=1S/C17H35FN2O4/c1-13(2)17(21)20-12-16(18)15(5)24-11-10-23-9-8-22-7-6-19-14(3)4/h13-16,19H,6-12H2,1-5H3,(H,20,21). The quantitative estimate of drug-likeness (QED) is 0.439. The molecule has 0 aromatic heterocycles. The second kappa shape index (κ2) is 14.6. The van der Waals surface area contributed by atoms with E-state index in [1.165, 1.54) is 0 Å². The Balaban J connectivity index is 3.45. The minimum absolute atomic E-state index is 0.0305. The van der Waals surface area contributed by atoms with E-state index in [1.807, 2.05) is 0 Å². The zero-order chi connectivity index (χ0) is 18.4. The van der Waals surface area contributed by atoms with Crippen molar-refractivity contribution in [3.05, 3.63) is 0 Å². The number of nitrogens with one attached hydrogen (secondary N) is 2. The van der Waals surface area contributed by atoms with E-state index in [0.717, 1.165) is 6.54 Å². The predicted molar refractivity (Wildman–Crippen MR) is 92.9 cm³/mol. The molecule has 24 heavy (non-hydrogen) atoms. The van der Waals surface area contributed by atoms with Crippen LogP contribution in [0.4, 0.5) is 4.39 Å². The molecule has 0 aromatic rings. The molecule has 144 valence electrons. The second-order valence-electron chi connectivity index (χ2n) is 6.33. The molecule has 6 nitrogen and oxygen atoms in total. The lowest BCUT2D eigenvalue weighted by Gasteiger charge is -2.18. The van der Waals surface area contributed by atoms with Gasteiger partial charge in [0, 0.05) is 18.5 Å². The summed E-state index contributed by atoms with van der Waals surface area (Å²) in [4.78, 5) is 11.4. The van der Waals surface area contributed by atoms with Gasteiger partial charge in [0.15, 0.2) is 0 Å².